The Morgan fingerprint density at radius 2 is 1.94 bits per heavy atom. The van der Waals surface area contributed by atoms with Gasteiger partial charge in [0.2, 0.25) is 10.0 Å². The number of ether oxygens (including phenoxy) is 2. The highest BCUT2D eigenvalue weighted by atomic mass is 35.5. The van der Waals surface area contributed by atoms with Gasteiger partial charge in [-0.15, -0.1) is 0 Å². The van der Waals surface area contributed by atoms with E-state index in [9.17, 15) is 17.6 Å². The van der Waals surface area contributed by atoms with E-state index >= 15 is 0 Å². The number of anilines is 2. The Morgan fingerprint density at radius 3 is 2.65 bits per heavy atom. The second-order valence-corrected chi connectivity index (χ2v) is 9.36. The summed E-state index contributed by atoms with van der Waals surface area (Å²) in [4.78, 5) is 15.5. The lowest BCUT2D eigenvalue weighted by atomic mass is 10.2. The summed E-state index contributed by atoms with van der Waals surface area (Å²) >= 11 is 5.85. The van der Waals surface area contributed by atoms with E-state index in [1.54, 1.807) is 18.2 Å². The lowest BCUT2D eigenvalue weighted by Gasteiger charge is -2.29. The molecule has 2 aliphatic rings. The van der Waals surface area contributed by atoms with E-state index in [0.29, 0.717) is 42.7 Å². The van der Waals surface area contributed by atoms with Gasteiger partial charge in [-0.3, -0.25) is 4.90 Å². The van der Waals surface area contributed by atoms with Crippen molar-refractivity contribution >= 4 is 39.1 Å². The van der Waals surface area contributed by atoms with Crippen LogP contribution in [0.1, 0.15) is 0 Å². The third-order valence-corrected chi connectivity index (χ3v) is 6.73. The minimum atomic E-state index is -3.81. The van der Waals surface area contributed by atoms with Crippen LogP contribution < -0.4 is 14.5 Å². The summed E-state index contributed by atoms with van der Waals surface area (Å²) in [6.07, 6.45) is -1.38. The minimum absolute atomic E-state index is 0.0157. The zero-order valence-corrected chi connectivity index (χ0v) is 18.0. The van der Waals surface area contributed by atoms with Gasteiger partial charge in [0.05, 0.1) is 36.0 Å². The number of morpholine rings is 1. The standard InChI is InChI=1S/C20H21ClFN3O5S/c21-14-2-1-3-17(10-14)31(27,28)23-12-16-13-25(20(26)30-16)15-4-5-19(18(22)11-15)24-6-8-29-9-7-24/h1-5,10-11,16,23H,6-9,12-13H2/t16-/m0/s1. The van der Waals surface area contributed by atoms with Crippen molar-refractivity contribution in [3.05, 3.63) is 53.3 Å². The summed E-state index contributed by atoms with van der Waals surface area (Å²) in [5.41, 5.74) is 0.796. The molecule has 11 heteroatoms. The smallest absolute Gasteiger partial charge is 0.414 e. The molecule has 31 heavy (non-hydrogen) atoms. The van der Waals surface area contributed by atoms with Crippen LogP contribution in [0.5, 0.6) is 0 Å². The average Bonchev–Trinajstić information content (AvgIpc) is 3.13. The van der Waals surface area contributed by atoms with E-state index in [4.69, 9.17) is 21.1 Å². The first-order chi connectivity index (χ1) is 14.8. The summed E-state index contributed by atoms with van der Waals surface area (Å²) in [6, 6.07) is 10.4. The van der Waals surface area contributed by atoms with Crippen molar-refractivity contribution < 1.29 is 27.1 Å². The predicted molar refractivity (Wildman–Crippen MR) is 114 cm³/mol. The van der Waals surface area contributed by atoms with Gasteiger partial charge in [-0.25, -0.2) is 22.3 Å². The van der Waals surface area contributed by atoms with Gasteiger partial charge in [0.15, 0.2) is 0 Å². The lowest BCUT2D eigenvalue weighted by Crippen LogP contribution is -2.37. The maximum Gasteiger partial charge on any atom is 0.414 e. The second kappa shape index (κ2) is 8.99. The van der Waals surface area contributed by atoms with Gasteiger partial charge in [-0.1, -0.05) is 17.7 Å². The van der Waals surface area contributed by atoms with Crippen molar-refractivity contribution in [3.63, 3.8) is 0 Å². The molecule has 8 nitrogen and oxygen atoms in total. The topological polar surface area (TPSA) is 88.2 Å². The Balaban J connectivity index is 1.40. The van der Waals surface area contributed by atoms with Crippen LogP contribution in [0.2, 0.25) is 5.02 Å². The number of carbonyl (C=O) groups excluding carboxylic acids is 1. The largest absolute Gasteiger partial charge is 0.443 e. The van der Waals surface area contributed by atoms with Crippen molar-refractivity contribution in [1.29, 1.82) is 0 Å². The van der Waals surface area contributed by atoms with Gasteiger partial charge in [-0.2, -0.15) is 0 Å². The molecule has 166 valence electrons. The Kier molecular flexibility index (Phi) is 6.33. The number of nitrogens with one attached hydrogen (secondary N) is 1. The minimum Gasteiger partial charge on any atom is -0.443 e. The van der Waals surface area contributed by atoms with Crippen LogP contribution in [0.3, 0.4) is 0 Å². The van der Waals surface area contributed by atoms with Gasteiger partial charge in [0, 0.05) is 24.7 Å². The molecule has 0 aromatic heterocycles. The highest BCUT2D eigenvalue weighted by molar-refractivity contribution is 7.89. The molecule has 0 spiro atoms. The summed E-state index contributed by atoms with van der Waals surface area (Å²) in [7, 11) is -3.81. The Bertz CT molecular complexity index is 1080. The summed E-state index contributed by atoms with van der Waals surface area (Å²) in [5.74, 6) is -0.447. The highest BCUT2D eigenvalue weighted by Crippen LogP contribution is 2.28. The highest BCUT2D eigenvalue weighted by Gasteiger charge is 2.34. The first-order valence-electron chi connectivity index (χ1n) is 9.69. The molecular weight excluding hydrogens is 449 g/mol. The molecule has 0 saturated carbocycles. The maximum atomic E-state index is 14.7. The van der Waals surface area contributed by atoms with Gasteiger partial charge in [0.25, 0.3) is 0 Å². The molecule has 0 unspecified atom stereocenters. The van der Waals surface area contributed by atoms with Gasteiger partial charge in [0.1, 0.15) is 11.9 Å². The molecule has 2 heterocycles. The SMILES string of the molecule is O=C1O[C@@H](CNS(=O)(=O)c2cccc(Cl)c2)CN1c1ccc(N2CCOCC2)c(F)c1. The molecule has 1 amide bonds. The van der Waals surface area contributed by atoms with E-state index in [2.05, 4.69) is 4.72 Å². The quantitative estimate of drug-likeness (QED) is 0.699. The molecule has 4 rings (SSSR count). The molecular formula is C20H21ClFN3O5S. The lowest BCUT2D eigenvalue weighted by molar-refractivity contribution is 0.122. The number of carbonyl (C=O) groups is 1. The van der Waals surface area contributed by atoms with Crippen molar-refractivity contribution in [1.82, 2.24) is 4.72 Å². The first-order valence-corrected chi connectivity index (χ1v) is 11.6. The zero-order valence-electron chi connectivity index (χ0n) is 16.5. The molecule has 0 bridgehead atoms. The first kappa shape index (κ1) is 21.8. The van der Waals surface area contributed by atoms with Gasteiger partial charge in [-0.05, 0) is 36.4 Å². The average molecular weight is 470 g/mol. The molecule has 1 N–H and O–H groups in total. The van der Waals surface area contributed by atoms with Crippen molar-refractivity contribution in [2.45, 2.75) is 11.0 Å². The molecule has 0 radical (unpaired) electrons. The number of hydrogen-bond donors (Lipinski definition) is 1. The summed E-state index contributed by atoms with van der Waals surface area (Å²) in [5, 5.41) is 0.295. The van der Waals surface area contributed by atoms with Gasteiger partial charge >= 0.3 is 6.09 Å². The van der Waals surface area contributed by atoms with Crippen LogP contribution in [0.15, 0.2) is 47.4 Å². The number of amides is 1. The van der Waals surface area contributed by atoms with Crippen LogP contribution in [-0.2, 0) is 19.5 Å². The van der Waals surface area contributed by atoms with E-state index in [1.807, 2.05) is 4.90 Å². The van der Waals surface area contributed by atoms with E-state index in [0.717, 1.165) is 0 Å². The van der Waals surface area contributed by atoms with E-state index in [1.165, 1.54) is 29.2 Å². The van der Waals surface area contributed by atoms with E-state index in [-0.39, 0.29) is 18.0 Å². The Hall–Kier alpha value is -2.40. The molecule has 2 aromatic carbocycles. The van der Waals surface area contributed by atoms with E-state index < -0.39 is 28.0 Å². The van der Waals surface area contributed by atoms with Crippen LogP contribution in [0, 0.1) is 5.82 Å². The normalized spacial score (nSPS) is 19.5. The Morgan fingerprint density at radius 1 is 1.16 bits per heavy atom. The number of sulfonamides is 1. The monoisotopic (exact) mass is 469 g/mol. The molecule has 2 saturated heterocycles. The molecule has 2 fully saturated rings. The zero-order chi connectivity index (χ0) is 22.0. The number of benzene rings is 2. The number of cyclic esters (lactones) is 1. The van der Waals surface area contributed by atoms with Crippen molar-refractivity contribution in [3.8, 4) is 0 Å². The fraction of sp³-hybridized carbons (Fsp3) is 0.350. The Labute approximate surface area is 184 Å². The molecule has 1 atom stereocenters. The van der Waals surface area contributed by atoms with Crippen LogP contribution in [-0.4, -0.2) is 60.0 Å². The van der Waals surface area contributed by atoms with Crippen LogP contribution >= 0.6 is 11.6 Å². The number of nitrogens with zero attached hydrogens (tertiary/aromatic N) is 2. The van der Waals surface area contributed by atoms with Crippen LogP contribution in [0.25, 0.3) is 0 Å². The molecule has 0 aliphatic carbocycles. The summed E-state index contributed by atoms with van der Waals surface area (Å²) in [6.45, 7) is 2.23. The third-order valence-electron chi connectivity index (χ3n) is 5.08. The fourth-order valence-corrected chi connectivity index (χ4v) is 4.85. The number of rotatable bonds is 6. The number of hydrogen-bond acceptors (Lipinski definition) is 6. The van der Waals surface area contributed by atoms with Crippen molar-refractivity contribution in [2.24, 2.45) is 0 Å². The van der Waals surface area contributed by atoms with Crippen LogP contribution in [0.4, 0.5) is 20.6 Å². The molecule has 2 aliphatic heterocycles. The summed E-state index contributed by atoms with van der Waals surface area (Å²) < 4.78 is 52.5. The van der Waals surface area contributed by atoms with Crippen molar-refractivity contribution in [2.75, 3.05) is 49.2 Å². The maximum absolute atomic E-state index is 14.7. The fourth-order valence-electron chi connectivity index (χ4n) is 3.48. The predicted octanol–water partition coefficient (Wildman–Crippen LogP) is 2.62. The second-order valence-electron chi connectivity index (χ2n) is 7.16. The molecule has 2 aromatic rings. The third kappa shape index (κ3) is 4.93. The van der Waals surface area contributed by atoms with Gasteiger partial charge < -0.3 is 14.4 Å². The number of halogens is 2.